The molecule has 2 aliphatic heterocycles. The predicted octanol–water partition coefficient (Wildman–Crippen LogP) is 4.58. The van der Waals surface area contributed by atoms with E-state index < -0.39 is 29.1 Å². The quantitative estimate of drug-likeness (QED) is 0.480. The third-order valence-electron chi connectivity index (χ3n) is 7.11. The molecule has 12 heteroatoms. The summed E-state index contributed by atoms with van der Waals surface area (Å²) in [7, 11) is 3.66. The Bertz CT molecular complexity index is 1450. The van der Waals surface area contributed by atoms with Gasteiger partial charge < -0.3 is 15.1 Å². The maximum atomic E-state index is 15.1. The number of thioether (sulfide) groups is 1. The van der Waals surface area contributed by atoms with E-state index in [2.05, 4.69) is 10.3 Å². The Morgan fingerprint density at radius 3 is 2.37 bits per heavy atom. The SMILES string of the molecule is CC1CN(c2nc(=O)n3c4c(c(-c5ccc(F)cc5F)c(C(F)(F)F)cc24)SCC(N(C)C)C3)CC(C)N1. The van der Waals surface area contributed by atoms with Crippen LogP contribution in [0.4, 0.5) is 27.8 Å². The van der Waals surface area contributed by atoms with Crippen molar-refractivity contribution in [3.05, 3.63) is 51.9 Å². The van der Waals surface area contributed by atoms with E-state index in [1.165, 1.54) is 4.57 Å². The first-order valence-electron chi connectivity index (χ1n) is 12.3. The van der Waals surface area contributed by atoms with Gasteiger partial charge in [0.15, 0.2) is 0 Å². The highest BCUT2D eigenvalue weighted by Gasteiger charge is 2.39. The molecule has 0 spiro atoms. The van der Waals surface area contributed by atoms with Gasteiger partial charge in [-0.05, 0) is 46.1 Å². The molecule has 0 saturated carbocycles. The van der Waals surface area contributed by atoms with E-state index in [1.807, 2.05) is 37.7 Å². The molecule has 2 aliphatic rings. The molecule has 3 heterocycles. The highest BCUT2D eigenvalue weighted by atomic mass is 32.2. The molecule has 0 bridgehead atoms. The van der Waals surface area contributed by atoms with Gasteiger partial charge in [0.25, 0.3) is 0 Å². The number of benzene rings is 2. The molecule has 1 saturated heterocycles. The van der Waals surface area contributed by atoms with Gasteiger partial charge in [0.05, 0.1) is 11.1 Å². The summed E-state index contributed by atoms with van der Waals surface area (Å²) in [4.78, 5) is 21.7. The summed E-state index contributed by atoms with van der Waals surface area (Å²) in [6.45, 7) is 5.03. The molecule has 1 N–H and O–H groups in total. The van der Waals surface area contributed by atoms with Crippen LogP contribution in [-0.2, 0) is 12.7 Å². The topological polar surface area (TPSA) is 53.4 Å². The Kier molecular flexibility index (Phi) is 6.93. The van der Waals surface area contributed by atoms with E-state index in [1.54, 1.807) is 0 Å². The fraction of sp³-hybridized carbons (Fsp3) is 0.462. The number of alkyl halides is 3. The van der Waals surface area contributed by atoms with Gasteiger partial charge in [-0.15, -0.1) is 11.8 Å². The van der Waals surface area contributed by atoms with Crippen LogP contribution >= 0.6 is 11.8 Å². The Morgan fingerprint density at radius 1 is 1.08 bits per heavy atom. The summed E-state index contributed by atoms with van der Waals surface area (Å²) in [5.41, 5.74) is -2.09. The molecule has 3 unspecified atom stereocenters. The minimum atomic E-state index is -4.85. The summed E-state index contributed by atoms with van der Waals surface area (Å²) in [5.74, 6) is -1.45. The van der Waals surface area contributed by atoms with Crippen molar-refractivity contribution in [3.8, 4) is 11.1 Å². The van der Waals surface area contributed by atoms with Crippen molar-refractivity contribution in [2.24, 2.45) is 0 Å². The molecular weight excluding hydrogens is 525 g/mol. The van der Waals surface area contributed by atoms with E-state index >= 15 is 4.39 Å². The minimum Gasteiger partial charge on any atom is -0.353 e. The zero-order chi connectivity index (χ0) is 27.5. The zero-order valence-corrected chi connectivity index (χ0v) is 22.2. The summed E-state index contributed by atoms with van der Waals surface area (Å²) in [5, 5.41) is 3.56. The van der Waals surface area contributed by atoms with Gasteiger partial charge >= 0.3 is 11.9 Å². The fourth-order valence-electron chi connectivity index (χ4n) is 5.38. The first-order chi connectivity index (χ1) is 17.8. The number of likely N-dealkylation sites (N-methyl/N-ethyl adjacent to an activating group) is 1. The van der Waals surface area contributed by atoms with Gasteiger partial charge in [0, 0.05) is 71.0 Å². The lowest BCUT2D eigenvalue weighted by atomic mass is 9.95. The van der Waals surface area contributed by atoms with Crippen LogP contribution in [0.2, 0.25) is 0 Å². The lowest BCUT2D eigenvalue weighted by Crippen LogP contribution is -2.55. The van der Waals surface area contributed by atoms with E-state index in [0.717, 1.165) is 30.0 Å². The zero-order valence-electron chi connectivity index (χ0n) is 21.4. The Morgan fingerprint density at radius 2 is 1.76 bits per heavy atom. The van der Waals surface area contributed by atoms with Crippen molar-refractivity contribution in [2.45, 2.75) is 49.6 Å². The van der Waals surface area contributed by atoms with E-state index in [-0.39, 0.29) is 51.9 Å². The maximum Gasteiger partial charge on any atom is 0.417 e. The van der Waals surface area contributed by atoms with Crippen LogP contribution in [0, 0.1) is 11.6 Å². The monoisotopic (exact) mass is 553 g/mol. The molecule has 204 valence electrons. The molecule has 2 aromatic carbocycles. The number of nitrogens with one attached hydrogen (secondary N) is 1. The number of piperazine rings is 1. The number of aromatic nitrogens is 2. The van der Waals surface area contributed by atoms with Gasteiger partial charge in [-0.1, -0.05) is 0 Å². The lowest BCUT2D eigenvalue weighted by molar-refractivity contribution is -0.137. The third kappa shape index (κ3) is 4.77. The van der Waals surface area contributed by atoms with Crippen LogP contribution in [0.3, 0.4) is 0 Å². The van der Waals surface area contributed by atoms with Crippen LogP contribution in [0.5, 0.6) is 0 Å². The van der Waals surface area contributed by atoms with Gasteiger partial charge in [-0.25, -0.2) is 13.6 Å². The average molecular weight is 554 g/mol. The predicted molar refractivity (Wildman–Crippen MR) is 139 cm³/mol. The summed E-state index contributed by atoms with van der Waals surface area (Å²) < 4.78 is 74.2. The molecule has 3 atom stereocenters. The van der Waals surface area contributed by atoms with E-state index in [9.17, 15) is 22.4 Å². The summed E-state index contributed by atoms with van der Waals surface area (Å²) >= 11 is 1.15. The largest absolute Gasteiger partial charge is 0.417 e. The molecule has 0 radical (unpaired) electrons. The number of hydrogen-bond acceptors (Lipinski definition) is 6. The van der Waals surface area contributed by atoms with Gasteiger partial charge in [0.2, 0.25) is 0 Å². The highest BCUT2D eigenvalue weighted by Crippen LogP contribution is 2.48. The normalized spacial score (nSPS) is 22.3. The number of nitrogens with zero attached hydrogens (tertiary/aromatic N) is 4. The van der Waals surface area contributed by atoms with Gasteiger partial charge in [0.1, 0.15) is 17.5 Å². The van der Waals surface area contributed by atoms with Crippen molar-refractivity contribution in [1.29, 1.82) is 0 Å². The summed E-state index contributed by atoms with van der Waals surface area (Å²) in [6.07, 6.45) is -4.85. The third-order valence-corrected chi connectivity index (χ3v) is 8.34. The van der Waals surface area contributed by atoms with E-state index in [0.29, 0.717) is 30.4 Å². The molecule has 38 heavy (non-hydrogen) atoms. The smallest absolute Gasteiger partial charge is 0.353 e. The molecule has 1 fully saturated rings. The minimum absolute atomic E-state index is 0.0235. The molecule has 6 nitrogen and oxygen atoms in total. The second-order valence-corrected chi connectivity index (χ2v) is 11.3. The number of anilines is 1. The molecule has 3 aromatic rings. The Balaban J connectivity index is 1.91. The summed E-state index contributed by atoms with van der Waals surface area (Å²) in [6, 6.07) is 3.37. The first-order valence-corrected chi connectivity index (χ1v) is 13.3. The fourth-order valence-corrected chi connectivity index (χ4v) is 6.87. The Hall–Kier alpha value is -2.70. The van der Waals surface area contributed by atoms with Crippen molar-refractivity contribution in [3.63, 3.8) is 0 Å². The van der Waals surface area contributed by atoms with Crippen LogP contribution in [0.1, 0.15) is 19.4 Å². The number of rotatable bonds is 3. The molecule has 5 rings (SSSR count). The van der Waals surface area contributed by atoms with E-state index in [4.69, 9.17) is 0 Å². The molecule has 0 aliphatic carbocycles. The van der Waals surface area contributed by atoms with Crippen LogP contribution < -0.4 is 15.9 Å². The van der Waals surface area contributed by atoms with Crippen molar-refractivity contribution >= 4 is 28.5 Å². The second-order valence-electron chi connectivity index (χ2n) is 10.3. The number of hydrogen-bond donors (Lipinski definition) is 1. The second kappa shape index (κ2) is 9.80. The van der Waals surface area contributed by atoms with Crippen molar-refractivity contribution in [2.75, 3.05) is 37.8 Å². The van der Waals surface area contributed by atoms with Crippen LogP contribution in [0.15, 0.2) is 34.0 Å². The lowest BCUT2D eigenvalue weighted by Gasteiger charge is -2.37. The molecule has 0 amide bonds. The maximum absolute atomic E-state index is 15.1. The van der Waals surface area contributed by atoms with Gasteiger partial charge in [-0.3, -0.25) is 4.57 Å². The Labute approximate surface area is 220 Å². The molecular formula is C26H28F5N5OS. The van der Waals surface area contributed by atoms with Gasteiger partial charge in [-0.2, -0.15) is 18.2 Å². The van der Waals surface area contributed by atoms with Crippen LogP contribution in [-0.4, -0.2) is 65.5 Å². The first kappa shape index (κ1) is 26.9. The highest BCUT2D eigenvalue weighted by molar-refractivity contribution is 7.99. The molecule has 1 aromatic heterocycles. The van der Waals surface area contributed by atoms with Crippen LogP contribution in [0.25, 0.3) is 22.0 Å². The number of halogens is 5. The van der Waals surface area contributed by atoms with Crippen molar-refractivity contribution < 1.29 is 22.0 Å². The van der Waals surface area contributed by atoms with Crippen molar-refractivity contribution in [1.82, 2.24) is 19.8 Å². The standard InChI is InChI=1S/C26H28F5N5OS/c1-13-9-35(10-14(2)32-13)24-18-8-19(26(29,30)31)21(17-6-5-15(27)7-20(17)28)23-22(18)36(25(37)33-24)11-16(12-38-23)34(3)4/h5-8,13-14,16,32H,9-12H2,1-4H3. The average Bonchev–Trinajstić information content (AvgIpc) is 3.01.